The van der Waals surface area contributed by atoms with Crippen molar-refractivity contribution in [3.05, 3.63) is 26.9 Å². The van der Waals surface area contributed by atoms with Crippen LogP contribution in [0.2, 0.25) is 0 Å². The predicted molar refractivity (Wildman–Crippen MR) is 64.3 cm³/mol. The third kappa shape index (κ3) is 1.67. The average molecular weight is 322 g/mol. The molecule has 0 fully saturated rings. The van der Waals surface area contributed by atoms with Crippen LogP contribution in [0, 0.1) is 9.39 Å². The van der Waals surface area contributed by atoms with E-state index in [4.69, 9.17) is 10.0 Å². The highest BCUT2D eigenvalue weighted by Crippen LogP contribution is 2.27. The van der Waals surface area contributed by atoms with Crippen LogP contribution in [0.4, 0.5) is 4.39 Å². The van der Waals surface area contributed by atoms with Crippen LogP contribution in [0.25, 0.3) is 10.1 Å². The molecule has 0 amide bonds. The number of benzene rings is 1. The first kappa shape index (κ1) is 10.3. The van der Waals surface area contributed by atoms with Gasteiger partial charge in [0, 0.05) is 19.0 Å². The van der Waals surface area contributed by atoms with Gasteiger partial charge >= 0.3 is 7.12 Å². The van der Waals surface area contributed by atoms with E-state index in [2.05, 4.69) is 0 Å². The Balaban J connectivity index is 2.74. The second-order valence-corrected chi connectivity index (χ2v) is 4.91. The fraction of sp³-hybridized carbons (Fsp3) is 0. The molecule has 6 heteroatoms. The molecule has 0 radical (unpaired) electrons. The van der Waals surface area contributed by atoms with Crippen LogP contribution >= 0.6 is 33.9 Å². The van der Waals surface area contributed by atoms with Crippen molar-refractivity contribution in [2.45, 2.75) is 0 Å². The highest BCUT2D eigenvalue weighted by atomic mass is 127. The topological polar surface area (TPSA) is 40.5 Å². The molecule has 72 valence electrons. The summed E-state index contributed by atoms with van der Waals surface area (Å²) in [7, 11) is -1.50. The Morgan fingerprint density at radius 3 is 2.71 bits per heavy atom. The Kier molecular flexibility index (Phi) is 2.78. The summed E-state index contributed by atoms with van der Waals surface area (Å²) in [6.45, 7) is 0. The molecule has 2 aromatic rings. The van der Waals surface area contributed by atoms with Crippen molar-refractivity contribution in [3.8, 4) is 0 Å². The van der Waals surface area contributed by atoms with Gasteiger partial charge in [0.1, 0.15) is 5.82 Å². The minimum Gasteiger partial charge on any atom is -0.423 e. The number of fused-ring (bicyclic) bond motifs is 1. The minimum absolute atomic E-state index is 0.256. The summed E-state index contributed by atoms with van der Waals surface area (Å²) in [5, 5.41) is 19.9. The minimum atomic E-state index is -1.50. The molecule has 0 aliphatic heterocycles. The molecule has 0 unspecified atom stereocenters. The summed E-state index contributed by atoms with van der Waals surface area (Å²) in [5.41, 5.74) is 0.392. The lowest BCUT2D eigenvalue weighted by atomic mass is 9.80. The normalized spacial score (nSPS) is 10.9. The van der Waals surface area contributed by atoms with Gasteiger partial charge in [-0.25, -0.2) is 4.39 Å². The van der Waals surface area contributed by atoms with E-state index in [1.54, 1.807) is 12.1 Å². The molecule has 1 aromatic carbocycles. The van der Waals surface area contributed by atoms with Crippen LogP contribution in [0.15, 0.2) is 17.5 Å². The summed E-state index contributed by atoms with van der Waals surface area (Å²) < 4.78 is 14.7. The second-order valence-electron chi connectivity index (χ2n) is 2.83. The van der Waals surface area contributed by atoms with E-state index in [-0.39, 0.29) is 5.82 Å². The Hall–Kier alpha value is -0.175. The third-order valence-corrected chi connectivity index (χ3v) is 3.65. The van der Waals surface area contributed by atoms with Gasteiger partial charge in [0.05, 0.1) is 0 Å². The average Bonchev–Trinajstić information content (AvgIpc) is 2.48. The van der Waals surface area contributed by atoms with Crippen molar-refractivity contribution < 1.29 is 14.4 Å². The number of hydrogen-bond donors (Lipinski definition) is 2. The molecule has 0 saturated heterocycles. The zero-order chi connectivity index (χ0) is 10.3. The monoisotopic (exact) mass is 322 g/mol. The molecule has 1 aromatic heterocycles. The molecule has 0 atom stereocenters. The van der Waals surface area contributed by atoms with Crippen molar-refractivity contribution in [1.82, 2.24) is 0 Å². The molecule has 2 rings (SSSR count). The summed E-state index contributed by atoms with van der Waals surface area (Å²) >= 11 is 3.24. The number of halogens is 2. The standard InChI is InChI=1S/C8H5BFIO2S/c10-5-3-14-7-2-4(9(12)13)1-6(11)8(5)7/h1-3,12-13H. The number of rotatable bonds is 1. The van der Waals surface area contributed by atoms with Gasteiger partial charge in [0.15, 0.2) is 0 Å². The van der Waals surface area contributed by atoms with Gasteiger partial charge in [-0.3, -0.25) is 0 Å². The van der Waals surface area contributed by atoms with Crippen LogP contribution in [0.1, 0.15) is 0 Å². The van der Waals surface area contributed by atoms with E-state index in [0.29, 0.717) is 14.4 Å². The summed E-state index contributed by atoms with van der Waals surface area (Å²) in [4.78, 5) is 0. The van der Waals surface area contributed by atoms with Crippen molar-refractivity contribution in [1.29, 1.82) is 0 Å². The molecule has 2 N–H and O–H groups in total. The van der Waals surface area contributed by atoms with E-state index >= 15 is 0 Å². The van der Waals surface area contributed by atoms with E-state index in [9.17, 15) is 4.39 Å². The molecule has 0 aliphatic rings. The maximum absolute atomic E-state index is 13.2. The molecule has 1 heterocycles. The maximum Gasteiger partial charge on any atom is 0.488 e. The Bertz CT molecular complexity index is 485. The van der Waals surface area contributed by atoms with Crippen molar-refractivity contribution in [2.24, 2.45) is 0 Å². The molecular weight excluding hydrogens is 317 g/mol. The van der Waals surface area contributed by atoms with Crippen LogP contribution in [-0.2, 0) is 0 Å². The van der Waals surface area contributed by atoms with E-state index in [0.717, 1.165) is 4.70 Å². The summed E-state index contributed by atoms with van der Waals surface area (Å²) in [5.74, 6) is -0.256. The Morgan fingerprint density at radius 1 is 1.36 bits per heavy atom. The van der Waals surface area contributed by atoms with Crippen LogP contribution in [0.3, 0.4) is 0 Å². The first-order valence-electron chi connectivity index (χ1n) is 3.82. The highest BCUT2D eigenvalue weighted by Gasteiger charge is 2.15. The third-order valence-electron chi connectivity index (χ3n) is 1.90. The number of thiophene rings is 1. The quantitative estimate of drug-likeness (QED) is 0.614. The van der Waals surface area contributed by atoms with Crippen molar-refractivity contribution in [2.75, 3.05) is 0 Å². The van der Waals surface area contributed by atoms with Gasteiger partial charge in [0.2, 0.25) is 0 Å². The van der Waals surface area contributed by atoms with Crippen LogP contribution < -0.4 is 5.46 Å². The van der Waals surface area contributed by atoms with Crippen molar-refractivity contribution >= 4 is 56.6 Å². The fourth-order valence-electron chi connectivity index (χ4n) is 1.25. The molecule has 0 saturated carbocycles. The first-order chi connectivity index (χ1) is 6.59. The van der Waals surface area contributed by atoms with Gasteiger partial charge in [-0.15, -0.1) is 11.3 Å². The molecule has 0 aliphatic carbocycles. The van der Waals surface area contributed by atoms with Crippen LogP contribution in [0.5, 0.6) is 0 Å². The van der Waals surface area contributed by atoms with Crippen molar-refractivity contribution in [3.63, 3.8) is 0 Å². The molecule has 0 spiro atoms. The van der Waals surface area contributed by atoms with E-state index in [1.165, 1.54) is 16.7 Å². The van der Waals surface area contributed by atoms with Gasteiger partial charge < -0.3 is 10.0 Å². The summed E-state index contributed by atoms with van der Waals surface area (Å²) in [6, 6.07) is 3.17. The lowest BCUT2D eigenvalue weighted by Gasteiger charge is -2.01. The van der Waals surface area contributed by atoms with Gasteiger partial charge in [-0.2, -0.15) is 0 Å². The van der Waals surface area contributed by atoms with E-state index < -0.39 is 7.12 Å². The predicted octanol–water partition coefficient (Wildman–Crippen LogP) is 1.32. The molecule has 2 nitrogen and oxygen atoms in total. The fourth-order valence-corrected chi connectivity index (χ4v) is 3.22. The van der Waals surface area contributed by atoms with Gasteiger partial charge in [-0.05, 0) is 40.2 Å². The SMILES string of the molecule is OB(O)c1cc(I)c2c(F)csc2c1. The molecule has 14 heavy (non-hydrogen) atoms. The lowest BCUT2D eigenvalue weighted by molar-refractivity contribution is 0.426. The lowest BCUT2D eigenvalue weighted by Crippen LogP contribution is -2.29. The first-order valence-corrected chi connectivity index (χ1v) is 5.77. The Labute approximate surface area is 97.7 Å². The molecular formula is C8H5BFIO2S. The largest absolute Gasteiger partial charge is 0.488 e. The second kappa shape index (κ2) is 3.76. The molecule has 0 bridgehead atoms. The van der Waals surface area contributed by atoms with Gasteiger partial charge in [-0.1, -0.05) is 0 Å². The van der Waals surface area contributed by atoms with Gasteiger partial charge in [0.25, 0.3) is 0 Å². The summed E-state index contributed by atoms with van der Waals surface area (Å²) in [6.07, 6.45) is 0. The smallest absolute Gasteiger partial charge is 0.423 e. The Morgan fingerprint density at radius 2 is 2.07 bits per heavy atom. The van der Waals surface area contributed by atoms with E-state index in [1.807, 2.05) is 22.6 Å². The zero-order valence-electron chi connectivity index (χ0n) is 6.87. The number of hydrogen-bond acceptors (Lipinski definition) is 3. The van der Waals surface area contributed by atoms with Crippen LogP contribution in [-0.4, -0.2) is 17.2 Å². The zero-order valence-corrected chi connectivity index (χ0v) is 9.84. The maximum atomic E-state index is 13.2. The highest BCUT2D eigenvalue weighted by molar-refractivity contribution is 14.1.